The summed E-state index contributed by atoms with van der Waals surface area (Å²) in [7, 11) is 0. The first kappa shape index (κ1) is 14.3. The van der Waals surface area contributed by atoms with Gasteiger partial charge in [0.05, 0.1) is 5.39 Å². The van der Waals surface area contributed by atoms with E-state index in [9.17, 15) is 0 Å². The highest BCUT2D eigenvalue weighted by molar-refractivity contribution is 7.18. The summed E-state index contributed by atoms with van der Waals surface area (Å²) in [4.78, 5) is 11.7. The van der Waals surface area contributed by atoms with Crippen molar-refractivity contribution in [1.29, 1.82) is 0 Å². The van der Waals surface area contributed by atoms with E-state index in [1.165, 1.54) is 4.88 Å². The summed E-state index contributed by atoms with van der Waals surface area (Å²) in [5, 5.41) is 4.48. The molecular weight excluding hydrogens is 310 g/mol. The van der Waals surface area contributed by atoms with Crippen molar-refractivity contribution in [1.82, 2.24) is 9.97 Å². The van der Waals surface area contributed by atoms with E-state index in [1.807, 2.05) is 18.2 Å². The average molecular weight is 327 g/mol. The Bertz CT molecular complexity index is 876. The highest BCUT2D eigenvalue weighted by Crippen LogP contribution is 2.36. The number of nitrogens with zero attached hydrogens (tertiary/aromatic N) is 2. The largest absolute Gasteiger partial charge is 0.454 e. The van der Waals surface area contributed by atoms with Crippen LogP contribution in [0, 0.1) is 0 Å². The third-order valence-corrected chi connectivity index (χ3v) is 4.96. The molecule has 0 aliphatic carbocycles. The van der Waals surface area contributed by atoms with E-state index in [-0.39, 0.29) is 6.79 Å². The van der Waals surface area contributed by atoms with E-state index < -0.39 is 0 Å². The lowest BCUT2D eigenvalue weighted by Gasteiger charge is -2.09. The predicted octanol–water partition coefficient (Wildman–Crippen LogP) is 4.29. The van der Waals surface area contributed by atoms with Crippen LogP contribution in [0.4, 0.5) is 11.5 Å². The second-order valence-corrected chi connectivity index (χ2v) is 6.44. The van der Waals surface area contributed by atoms with Gasteiger partial charge in [0.25, 0.3) is 0 Å². The Morgan fingerprint density at radius 3 is 2.78 bits per heavy atom. The number of fused-ring (bicyclic) bond motifs is 2. The van der Waals surface area contributed by atoms with Crippen molar-refractivity contribution < 1.29 is 9.47 Å². The fourth-order valence-electron chi connectivity index (χ4n) is 2.55. The average Bonchev–Trinajstić information content (AvgIpc) is 3.20. The molecule has 0 radical (unpaired) electrons. The van der Waals surface area contributed by atoms with Gasteiger partial charge in [-0.05, 0) is 24.6 Å². The lowest BCUT2D eigenvalue weighted by atomic mass is 10.2. The molecule has 0 saturated heterocycles. The van der Waals surface area contributed by atoms with Gasteiger partial charge in [-0.25, -0.2) is 9.97 Å². The molecule has 0 unspecified atom stereocenters. The summed E-state index contributed by atoms with van der Waals surface area (Å²) in [6.45, 7) is 4.50. The fourth-order valence-corrected chi connectivity index (χ4v) is 3.54. The number of thiophene rings is 1. The minimum absolute atomic E-state index is 0.279. The molecule has 23 heavy (non-hydrogen) atoms. The van der Waals surface area contributed by atoms with Gasteiger partial charge in [0.2, 0.25) is 6.79 Å². The van der Waals surface area contributed by atoms with Crippen LogP contribution in [0.15, 0.2) is 24.3 Å². The first-order valence-electron chi connectivity index (χ1n) is 7.72. The van der Waals surface area contributed by atoms with Crippen molar-refractivity contribution in [2.24, 2.45) is 0 Å². The third kappa shape index (κ3) is 2.59. The van der Waals surface area contributed by atoms with Gasteiger partial charge in [0.15, 0.2) is 11.5 Å². The normalized spacial score (nSPS) is 12.8. The van der Waals surface area contributed by atoms with Crippen LogP contribution in [0.3, 0.4) is 0 Å². The van der Waals surface area contributed by atoms with Gasteiger partial charge in [-0.1, -0.05) is 13.8 Å². The molecule has 5 nitrogen and oxygen atoms in total. The summed E-state index contributed by atoms with van der Waals surface area (Å²) >= 11 is 1.74. The van der Waals surface area contributed by atoms with Gasteiger partial charge in [-0.15, -0.1) is 11.3 Å². The maximum Gasteiger partial charge on any atom is 0.231 e. The molecular formula is C17H17N3O2S. The van der Waals surface area contributed by atoms with Crippen LogP contribution in [0.25, 0.3) is 10.2 Å². The molecule has 118 valence electrons. The van der Waals surface area contributed by atoms with E-state index in [0.29, 0.717) is 0 Å². The topological polar surface area (TPSA) is 56.3 Å². The van der Waals surface area contributed by atoms with Crippen LogP contribution >= 0.6 is 11.3 Å². The van der Waals surface area contributed by atoms with Crippen molar-refractivity contribution in [3.8, 4) is 11.5 Å². The minimum Gasteiger partial charge on any atom is -0.454 e. The molecule has 0 bridgehead atoms. The molecule has 0 fully saturated rings. The number of nitrogens with one attached hydrogen (secondary N) is 1. The SMILES string of the molecule is CCc1nc(Nc2ccc3c(c2)OCO3)c2cc(CC)sc2n1. The summed E-state index contributed by atoms with van der Waals surface area (Å²) in [5.74, 6) is 3.24. The molecule has 1 aliphatic heterocycles. The molecule has 1 aliphatic rings. The summed E-state index contributed by atoms with van der Waals surface area (Å²) in [5.41, 5.74) is 0.931. The second kappa shape index (κ2) is 5.70. The summed E-state index contributed by atoms with van der Waals surface area (Å²) < 4.78 is 10.8. The van der Waals surface area contributed by atoms with E-state index >= 15 is 0 Å². The van der Waals surface area contributed by atoms with Crippen LogP contribution in [0.1, 0.15) is 24.5 Å². The zero-order chi connectivity index (χ0) is 15.8. The number of anilines is 2. The van der Waals surface area contributed by atoms with Gasteiger partial charge >= 0.3 is 0 Å². The van der Waals surface area contributed by atoms with Gasteiger partial charge in [-0.3, -0.25) is 0 Å². The molecule has 3 heterocycles. The van der Waals surface area contributed by atoms with E-state index in [2.05, 4.69) is 35.2 Å². The Labute approximate surface area is 138 Å². The maximum atomic E-state index is 5.44. The molecule has 1 aromatic carbocycles. The number of rotatable bonds is 4. The van der Waals surface area contributed by atoms with Gasteiger partial charge in [0, 0.05) is 23.1 Å². The number of benzene rings is 1. The first-order chi connectivity index (χ1) is 11.3. The quantitative estimate of drug-likeness (QED) is 0.775. The van der Waals surface area contributed by atoms with Crippen LogP contribution in [-0.4, -0.2) is 16.8 Å². The Hall–Kier alpha value is -2.34. The number of ether oxygens (including phenoxy) is 2. The van der Waals surface area contributed by atoms with Crippen LogP contribution < -0.4 is 14.8 Å². The number of hydrogen-bond donors (Lipinski definition) is 1. The maximum absolute atomic E-state index is 5.44. The molecule has 0 saturated carbocycles. The van der Waals surface area contributed by atoms with Crippen molar-refractivity contribution in [3.63, 3.8) is 0 Å². The zero-order valence-corrected chi connectivity index (χ0v) is 13.9. The highest BCUT2D eigenvalue weighted by atomic mass is 32.1. The Morgan fingerprint density at radius 2 is 1.96 bits per heavy atom. The lowest BCUT2D eigenvalue weighted by molar-refractivity contribution is 0.174. The number of aromatic nitrogens is 2. The third-order valence-electron chi connectivity index (χ3n) is 3.79. The van der Waals surface area contributed by atoms with Gasteiger partial charge in [-0.2, -0.15) is 0 Å². The fraction of sp³-hybridized carbons (Fsp3) is 0.294. The van der Waals surface area contributed by atoms with Crippen LogP contribution in [0.5, 0.6) is 11.5 Å². The molecule has 0 spiro atoms. The summed E-state index contributed by atoms with van der Waals surface area (Å²) in [6.07, 6.45) is 1.82. The Morgan fingerprint density at radius 1 is 1.09 bits per heavy atom. The standard InChI is InChI=1S/C17H17N3O2S/c1-3-11-8-12-16(19-15(4-2)20-17(12)23-11)18-10-5-6-13-14(7-10)22-9-21-13/h5-8H,3-4,9H2,1-2H3,(H,18,19,20). The highest BCUT2D eigenvalue weighted by Gasteiger charge is 2.15. The zero-order valence-electron chi connectivity index (χ0n) is 13.0. The Kier molecular flexibility index (Phi) is 3.53. The molecule has 4 rings (SSSR count). The van der Waals surface area contributed by atoms with E-state index in [1.54, 1.807) is 11.3 Å². The number of hydrogen-bond acceptors (Lipinski definition) is 6. The van der Waals surface area contributed by atoms with Crippen molar-refractivity contribution in [3.05, 3.63) is 35.0 Å². The van der Waals surface area contributed by atoms with Crippen molar-refractivity contribution in [2.75, 3.05) is 12.1 Å². The molecule has 6 heteroatoms. The monoisotopic (exact) mass is 327 g/mol. The predicted molar refractivity (Wildman–Crippen MR) is 92.0 cm³/mol. The van der Waals surface area contributed by atoms with Gasteiger partial charge in [0.1, 0.15) is 16.5 Å². The van der Waals surface area contributed by atoms with Crippen molar-refractivity contribution in [2.45, 2.75) is 26.7 Å². The molecule has 0 amide bonds. The van der Waals surface area contributed by atoms with Crippen molar-refractivity contribution >= 4 is 33.1 Å². The van der Waals surface area contributed by atoms with E-state index in [0.717, 1.165) is 51.9 Å². The second-order valence-electron chi connectivity index (χ2n) is 5.32. The Balaban J connectivity index is 1.76. The summed E-state index contributed by atoms with van der Waals surface area (Å²) in [6, 6.07) is 8.00. The van der Waals surface area contributed by atoms with E-state index in [4.69, 9.17) is 9.47 Å². The van der Waals surface area contributed by atoms with Gasteiger partial charge < -0.3 is 14.8 Å². The molecule has 0 atom stereocenters. The van der Waals surface area contributed by atoms with Crippen LogP contribution in [-0.2, 0) is 12.8 Å². The molecule has 3 aromatic rings. The minimum atomic E-state index is 0.279. The van der Waals surface area contributed by atoms with Crippen LogP contribution in [0.2, 0.25) is 0 Å². The molecule has 1 N–H and O–H groups in total. The molecule has 2 aromatic heterocycles. The smallest absolute Gasteiger partial charge is 0.231 e. The lowest BCUT2D eigenvalue weighted by Crippen LogP contribution is -1.99. The number of aryl methyl sites for hydroxylation is 2. The first-order valence-corrected chi connectivity index (χ1v) is 8.54.